The Hall–Kier alpha value is -0.570. The molecule has 1 N–H and O–H groups in total. The van der Waals surface area contributed by atoms with Crippen molar-refractivity contribution in [2.45, 2.75) is 58.1 Å². The molecule has 1 aliphatic rings. The molecule has 3 heteroatoms. The van der Waals surface area contributed by atoms with Crippen molar-refractivity contribution in [2.24, 2.45) is 5.92 Å². The highest BCUT2D eigenvalue weighted by Crippen LogP contribution is 2.34. The molecule has 0 heterocycles. The highest BCUT2D eigenvalue weighted by Gasteiger charge is 2.31. The van der Waals surface area contributed by atoms with Gasteiger partial charge >= 0.3 is 0 Å². The van der Waals surface area contributed by atoms with Gasteiger partial charge in [-0.05, 0) is 69.2 Å². The molecule has 0 saturated heterocycles. The van der Waals surface area contributed by atoms with Crippen LogP contribution in [0, 0.1) is 5.92 Å². The topological polar surface area (TPSA) is 21.3 Å². The fraction of sp³-hybridized carbons (Fsp3) is 0.667. The van der Waals surface area contributed by atoms with Crippen LogP contribution in [0.1, 0.15) is 45.1 Å². The second-order valence-corrected chi connectivity index (χ2v) is 6.57. The van der Waals surface area contributed by atoms with Crippen molar-refractivity contribution in [1.29, 1.82) is 0 Å². The summed E-state index contributed by atoms with van der Waals surface area (Å²) in [7, 11) is 0. The Morgan fingerprint density at radius 2 is 1.95 bits per heavy atom. The smallest absolute Gasteiger partial charge is 0.0580 e. The van der Waals surface area contributed by atoms with Crippen LogP contribution in [-0.4, -0.2) is 25.3 Å². The van der Waals surface area contributed by atoms with Crippen molar-refractivity contribution < 1.29 is 4.74 Å². The van der Waals surface area contributed by atoms with Gasteiger partial charge in [0, 0.05) is 17.7 Å². The molecule has 1 aliphatic carbocycles. The summed E-state index contributed by atoms with van der Waals surface area (Å²) in [6.07, 6.45) is 6.52. The summed E-state index contributed by atoms with van der Waals surface area (Å²) in [4.78, 5) is 0. The fourth-order valence-corrected chi connectivity index (χ4v) is 3.26. The van der Waals surface area contributed by atoms with Crippen LogP contribution < -0.4 is 5.32 Å². The van der Waals surface area contributed by atoms with Crippen LogP contribution in [0.4, 0.5) is 0 Å². The normalized spacial score (nSPS) is 22.8. The standard InChI is InChI=1S/C18H28ClNO/c1-3-9-20-17(10-14-5-7-16(19)8-6-14)11-15-12-18(13-15)21-4-2/h5-8,15,17-18,20H,3-4,9-13H2,1-2H3. The molecular weight excluding hydrogens is 282 g/mol. The Bertz CT molecular complexity index is 400. The minimum Gasteiger partial charge on any atom is -0.378 e. The molecule has 0 aliphatic heterocycles. The zero-order valence-electron chi connectivity index (χ0n) is 13.3. The van der Waals surface area contributed by atoms with E-state index < -0.39 is 0 Å². The van der Waals surface area contributed by atoms with Gasteiger partial charge in [-0.3, -0.25) is 0 Å². The number of rotatable bonds is 9. The summed E-state index contributed by atoms with van der Waals surface area (Å²) in [6, 6.07) is 8.84. The number of benzene rings is 1. The Kier molecular flexibility index (Phi) is 7.01. The number of hydrogen-bond acceptors (Lipinski definition) is 2. The van der Waals surface area contributed by atoms with Crippen molar-refractivity contribution >= 4 is 11.6 Å². The molecule has 1 atom stereocenters. The molecule has 1 aromatic rings. The van der Waals surface area contributed by atoms with Crippen LogP contribution in [0.15, 0.2) is 24.3 Å². The summed E-state index contributed by atoms with van der Waals surface area (Å²) in [5, 5.41) is 4.52. The van der Waals surface area contributed by atoms with Gasteiger partial charge in [0.1, 0.15) is 0 Å². The van der Waals surface area contributed by atoms with Crippen molar-refractivity contribution in [1.82, 2.24) is 5.32 Å². The van der Waals surface area contributed by atoms with Gasteiger partial charge in [0.15, 0.2) is 0 Å². The summed E-state index contributed by atoms with van der Waals surface area (Å²) in [6.45, 7) is 6.25. The predicted molar refractivity (Wildman–Crippen MR) is 90.0 cm³/mol. The van der Waals surface area contributed by atoms with Crippen LogP contribution in [0.5, 0.6) is 0 Å². The highest BCUT2D eigenvalue weighted by atomic mass is 35.5. The SMILES string of the molecule is CCCNC(Cc1ccc(Cl)cc1)CC1CC(OCC)C1. The lowest BCUT2D eigenvalue weighted by Gasteiger charge is -2.37. The van der Waals surface area contributed by atoms with E-state index in [0.29, 0.717) is 12.1 Å². The second kappa shape index (κ2) is 8.77. The molecule has 2 nitrogen and oxygen atoms in total. The molecule has 0 radical (unpaired) electrons. The highest BCUT2D eigenvalue weighted by molar-refractivity contribution is 6.30. The quantitative estimate of drug-likeness (QED) is 0.727. The lowest BCUT2D eigenvalue weighted by Crippen LogP contribution is -2.39. The molecule has 0 amide bonds. The Balaban J connectivity index is 1.81. The van der Waals surface area contributed by atoms with Gasteiger partial charge in [0.25, 0.3) is 0 Å². The van der Waals surface area contributed by atoms with Gasteiger partial charge in [-0.2, -0.15) is 0 Å². The molecular formula is C18H28ClNO. The summed E-state index contributed by atoms with van der Waals surface area (Å²) in [5.74, 6) is 0.822. The van der Waals surface area contributed by atoms with E-state index in [1.54, 1.807) is 0 Å². The number of nitrogens with one attached hydrogen (secondary N) is 1. The second-order valence-electron chi connectivity index (χ2n) is 6.13. The van der Waals surface area contributed by atoms with E-state index in [1.807, 2.05) is 12.1 Å². The van der Waals surface area contributed by atoms with E-state index in [4.69, 9.17) is 16.3 Å². The number of halogens is 1. The van der Waals surface area contributed by atoms with Crippen LogP contribution in [0.2, 0.25) is 5.02 Å². The lowest BCUT2D eigenvalue weighted by atomic mass is 9.77. The molecule has 0 aromatic heterocycles. The summed E-state index contributed by atoms with van der Waals surface area (Å²) >= 11 is 5.96. The molecule has 0 spiro atoms. The van der Waals surface area contributed by atoms with Gasteiger partial charge in [0.2, 0.25) is 0 Å². The first kappa shape index (κ1) is 16.8. The van der Waals surface area contributed by atoms with Gasteiger partial charge in [0.05, 0.1) is 6.10 Å². The molecule has 1 aromatic carbocycles. The third-order valence-corrected chi connectivity index (χ3v) is 4.54. The monoisotopic (exact) mass is 309 g/mol. The average molecular weight is 310 g/mol. The Morgan fingerprint density at radius 1 is 1.24 bits per heavy atom. The van der Waals surface area contributed by atoms with E-state index in [0.717, 1.165) is 30.5 Å². The molecule has 1 saturated carbocycles. The van der Waals surface area contributed by atoms with Crippen molar-refractivity contribution in [3.8, 4) is 0 Å². The zero-order valence-corrected chi connectivity index (χ0v) is 14.0. The van der Waals surface area contributed by atoms with Crippen molar-refractivity contribution in [2.75, 3.05) is 13.2 Å². The van der Waals surface area contributed by atoms with Crippen LogP contribution in [0.25, 0.3) is 0 Å². The van der Waals surface area contributed by atoms with E-state index in [2.05, 4.69) is 31.3 Å². The zero-order chi connectivity index (χ0) is 15.1. The van der Waals surface area contributed by atoms with E-state index >= 15 is 0 Å². The summed E-state index contributed by atoms with van der Waals surface area (Å²) in [5.41, 5.74) is 1.37. The summed E-state index contributed by atoms with van der Waals surface area (Å²) < 4.78 is 5.67. The Morgan fingerprint density at radius 3 is 2.57 bits per heavy atom. The molecule has 0 bridgehead atoms. The minimum absolute atomic E-state index is 0.516. The minimum atomic E-state index is 0.516. The lowest BCUT2D eigenvalue weighted by molar-refractivity contribution is -0.0290. The predicted octanol–water partition coefficient (Wildman–Crippen LogP) is 4.46. The number of ether oxygens (including phenoxy) is 1. The molecule has 1 fully saturated rings. The molecule has 2 rings (SSSR count). The largest absolute Gasteiger partial charge is 0.378 e. The molecule has 1 unspecified atom stereocenters. The van der Waals surface area contributed by atoms with E-state index in [-0.39, 0.29) is 0 Å². The average Bonchev–Trinajstić information content (AvgIpc) is 2.44. The van der Waals surface area contributed by atoms with Gasteiger partial charge in [-0.15, -0.1) is 0 Å². The fourth-order valence-electron chi connectivity index (χ4n) is 3.13. The first-order valence-corrected chi connectivity index (χ1v) is 8.68. The first-order valence-electron chi connectivity index (χ1n) is 8.30. The molecule has 21 heavy (non-hydrogen) atoms. The van der Waals surface area contributed by atoms with E-state index in [1.165, 1.54) is 31.2 Å². The third kappa shape index (κ3) is 5.61. The van der Waals surface area contributed by atoms with Gasteiger partial charge < -0.3 is 10.1 Å². The van der Waals surface area contributed by atoms with Gasteiger partial charge in [-0.1, -0.05) is 30.7 Å². The van der Waals surface area contributed by atoms with Crippen LogP contribution in [0.3, 0.4) is 0 Å². The maximum atomic E-state index is 5.96. The number of hydrogen-bond donors (Lipinski definition) is 1. The van der Waals surface area contributed by atoms with Crippen molar-refractivity contribution in [3.05, 3.63) is 34.9 Å². The Labute approximate surface area is 134 Å². The first-order chi connectivity index (χ1) is 10.2. The van der Waals surface area contributed by atoms with E-state index in [9.17, 15) is 0 Å². The van der Waals surface area contributed by atoms with Crippen LogP contribution >= 0.6 is 11.6 Å². The van der Waals surface area contributed by atoms with Gasteiger partial charge in [-0.25, -0.2) is 0 Å². The van der Waals surface area contributed by atoms with Crippen molar-refractivity contribution in [3.63, 3.8) is 0 Å². The molecule has 118 valence electrons. The third-order valence-electron chi connectivity index (χ3n) is 4.29. The maximum Gasteiger partial charge on any atom is 0.0580 e. The maximum absolute atomic E-state index is 5.96. The van der Waals surface area contributed by atoms with Crippen LogP contribution in [-0.2, 0) is 11.2 Å².